The van der Waals surface area contributed by atoms with E-state index in [0.29, 0.717) is 18.2 Å². The summed E-state index contributed by atoms with van der Waals surface area (Å²) in [6.45, 7) is 0.423. The zero-order valence-corrected chi connectivity index (χ0v) is 13.4. The summed E-state index contributed by atoms with van der Waals surface area (Å²) in [6.07, 6.45) is 11.4. The number of aliphatic hydroxyl groups is 1. The van der Waals surface area contributed by atoms with Gasteiger partial charge in [0.2, 0.25) is 0 Å². The van der Waals surface area contributed by atoms with E-state index < -0.39 is 6.10 Å². The van der Waals surface area contributed by atoms with Crippen LogP contribution in [0.2, 0.25) is 0 Å². The van der Waals surface area contributed by atoms with Gasteiger partial charge in [0.15, 0.2) is 0 Å². The number of hydrogen-bond acceptors (Lipinski definition) is 3. The molecule has 0 spiro atoms. The first-order chi connectivity index (χ1) is 11.2. The van der Waals surface area contributed by atoms with Crippen molar-refractivity contribution in [2.24, 2.45) is 16.8 Å². The van der Waals surface area contributed by atoms with Gasteiger partial charge in [-0.1, -0.05) is 42.5 Å². The molecule has 0 saturated carbocycles. The highest BCUT2D eigenvalue weighted by Gasteiger charge is 2.31. The summed E-state index contributed by atoms with van der Waals surface area (Å²) in [5, 5.41) is 18.4. The largest absolute Gasteiger partial charge is 0.391 e. The minimum Gasteiger partial charge on any atom is -0.391 e. The highest BCUT2D eigenvalue weighted by atomic mass is 16.3. The molecule has 2 N–H and O–H groups in total. The molecule has 3 unspecified atom stereocenters. The fraction of sp³-hybridized carbons (Fsp3) is 0.400. The van der Waals surface area contributed by atoms with Crippen molar-refractivity contribution in [3.05, 3.63) is 60.2 Å². The Balaban J connectivity index is 1.58. The third-order valence-electron chi connectivity index (χ3n) is 4.68. The molecule has 3 rings (SSSR count). The summed E-state index contributed by atoms with van der Waals surface area (Å²) in [5.41, 5.74) is 2.87. The summed E-state index contributed by atoms with van der Waals surface area (Å²) in [6, 6.07) is 10.2. The topological polar surface area (TPSA) is 56.4 Å². The summed E-state index contributed by atoms with van der Waals surface area (Å²) >= 11 is 0. The van der Waals surface area contributed by atoms with Crippen molar-refractivity contribution >= 4 is 11.4 Å². The minimum absolute atomic E-state index is 0.117. The van der Waals surface area contributed by atoms with Crippen LogP contribution in [0, 0.1) is 17.2 Å². The zero-order chi connectivity index (χ0) is 16.1. The molecular formula is C20H24N2O. The SMILES string of the molecule is N=C1C=CCC2CC=CC(=NCC(O)CCc3ccccc3)C12. The predicted octanol–water partition coefficient (Wildman–Crippen LogP) is 3.59. The quantitative estimate of drug-likeness (QED) is 0.858. The number of benzene rings is 1. The normalized spacial score (nSPS) is 26.3. The van der Waals surface area contributed by atoms with Crippen LogP contribution in [0.5, 0.6) is 0 Å². The number of allylic oxidation sites excluding steroid dienone is 4. The lowest BCUT2D eigenvalue weighted by molar-refractivity contribution is 0.173. The molecule has 0 amide bonds. The molecule has 0 aliphatic heterocycles. The maximum atomic E-state index is 10.2. The lowest BCUT2D eigenvalue weighted by Crippen LogP contribution is -2.34. The van der Waals surface area contributed by atoms with Crippen LogP contribution in [0.15, 0.2) is 59.6 Å². The molecule has 3 heteroatoms. The average Bonchev–Trinajstić information content (AvgIpc) is 2.59. The zero-order valence-electron chi connectivity index (χ0n) is 13.4. The molecule has 3 nitrogen and oxygen atoms in total. The first-order valence-corrected chi connectivity index (χ1v) is 8.42. The van der Waals surface area contributed by atoms with Crippen molar-refractivity contribution < 1.29 is 5.11 Å². The first kappa shape index (κ1) is 15.9. The number of aliphatic hydroxyl groups excluding tert-OH is 1. The van der Waals surface area contributed by atoms with Crippen LogP contribution in [0.4, 0.5) is 0 Å². The van der Waals surface area contributed by atoms with Gasteiger partial charge in [-0.3, -0.25) is 4.99 Å². The van der Waals surface area contributed by atoms with Crippen LogP contribution in [0.25, 0.3) is 0 Å². The Morgan fingerprint density at radius 3 is 2.65 bits per heavy atom. The third-order valence-corrected chi connectivity index (χ3v) is 4.68. The second-order valence-corrected chi connectivity index (χ2v) is 6.41. The van der Waals surface area contributed by atoms with Crippen LogP contribution in [-0.2, 0) is 6.42 Å². The molecule has 0 heterocycles. The van der Waals surface area contributed by atoms with Gasteiger partial charge in [-0.25, -0.2) is 0 Å². The van der Waals surface area contributed by atoms with Gasteiger partial charge in [0.05, 0.1) is 12.6 Å². The molecule has 2 aliphatic rings. The molecule has 1 aromatic rings. The van der Waals surface area contributed by atoms with E-state index in [2.05, 4.69) is 29.3 Å². The van der Waals surface area contributed by atoms with Crippen LogP contribution in [0.3, 0.4) is 0 Å². The van der Waals surface area contributed by atoms with Crippen molar-refractivity contribution in [2.45, 2.75) is 31.8 Å². The Hall–Kier alpha value is -2.00. The van der Waals surface area contributed by atoms with Crippen molar-refractivity contribution in [2.75, 3.05) is 6.54 Å². The Labute approximate surface area is 138 Å². The summed E-state index contributed by atoms with van der Waals surface area (Å²) in [4.78, 5) is 4.64. The highest BCUT2D eigenvalue weighted by Crippen LogP contribution is 2.31. The summed E-state index contributed by atoms with van der Waals surface area (Å²) in [5.74, 6) is 0.587. The van der Waals surface area contributed by atoms with E-state index in [9.17, 15) is 5.11 Å². The van der Waals surface area contributed by atoms with E-state index in [-0.39, 0.29) is 5.92 Å². The van der Waals surface area contributed by atoms with Gasteiger partial charge in [-0.05, 0) is 49.3 Å². The molecule has 3 atom stereocenters. The summed E-state index contributed by atoms with van der Waals surface area (Å²) < 4.78 is 0. The van der Waals surface area contributed by atoms with E-state index >= 15 is 0 Å². The van der Waals surface area contributed by atoms with Gasteiger partial charge < -0.3 is 10.5 Å². The molecule has 0 aromatic heterocycles. The molecule has 0 saturated heterocycles. The van der Waals surface area contributed by atoms with Crippen LogP contribution in [0.1, 0.15) is 24.8 Å². The van der Waals surface area contributed by atoms with Gasteiger partial charge in [0.1, 0.15) is 0 Å². The van der Waals surface area contributed by atoms with E-state index in [0.717, 1.165) is 31.4 Å². The number of hydrogen-bond donors (Lipinski definition) is 2. The Kier molecular flexibility index (Phi) is 5.19. The monoisotopic (exact) mass is 308 g/mol. The Bertz CT molecular complexity index is 630. The van der Waals surface area contributed by atoms with Gasteiger partial charge in [0, 0.05) is 17.3 Å². The number of fused-ring (bicyclic) bond motifs is 1. The number of nitrogens with zero attached hydrogens (tertiary/aromatic N) is 1. The molecule has 0 fully saturated rings. The first-order valence-electron chi connectivity index (χ1n) is 8.42. The van der Waals surface area contributed by atoms with E-state index in [1.165, 1.54) is 5.56 Å². The smallest absolute Gasteiger partial charge is 0.0738 e. The fourth-order valence-corrected chi connectivity index (χ4v) is 3.39. The van der Waals surface area contributed by atoms with Crippen LogP contribution >= 0.6 is 0 Å². The predicted molar refractivity (Wildman–Crippen MR) is 95.3 cm³/mol. The van der Waals surface area contributed by atoms with Crippen LogP contribution < -0.4 is 0 Å². The maximum absolute atomic E-state index is 10.2. The fourth-order valence-electron chi connectivity index (χ4n) is 3.39. The van der Waals surface area contributed by atoms with Crippen molar-refractivity contribution in [1.29, 1.82) is 5.41 Å². The second kappa shape index (κ2) is 7.51. The lowest BCUT2D eigenvalue weighted by Gasteiger charge is -2.31. The van der Waals surface area contributed by atoms with Crippen molar-refractivity contribution in [3.63, 3.8) is 0 Å². The molecule has 120 valence electrons. The van der Waals surface area contributed by atoms with Gasteiger partial charge >= 0.3 is 0 Å². The maximum Gasteiger partial charge on any atom is 0.0738 e. The number of aryl methyl sites for hydroxylation is 1. The number of nitrogens with one attached hydrogen (secondary N) is 1. The minimum atomic E-state index is -0.426. The van der Waals surface area contributed by atoms with E-state index in [1.807, 2.05) is 30.4 Å². The summed E-state index contributed by atoms with van der Waals surface area (Å²) in [7, 11) is 0. The molecule has 0 bridgehead atoms. The standard InChI is InChI=1S/C20H24N2O/c21-18-10-4-8-16-9-5-11-19(20(16)18)22-14-17(23)13-12-15-6-2-1-3-7-15/h1-7,10-11,16-17,20-21,23H,8-9,12-14H2. The number of rotatable bonds is 5. The van der Waals surface area contributed by atoms with Crippen molar-refractivity contribution in [1.82, 2.24) is 0 Å². The van der Waals surface area contributed by atoms with E-state index in [4.69, 9.17) is 5.41 Å². The molecule has 23 heavy (non-hydrogen) atoms. The van der Waals surface area contributed by atoms with Gasteiger partial charge in [-0.2, -0.15) is 0 Å². The molecule has 1 aromatic carbocycles. The van der Waals surface area contributed by atoms with Gasteiger partial charge in [0.25, 0.3) is 0 Å². The van der Waals surface area contributed by atoms with Gasteiger partial charge in [-0.15, -0.1) is 0 Å². The second-order valence-electron chi connectivity index (χ2n) is 6.41. The van der Waals surface area contributed by atoms with E-state index in [1.54, 1.807) is 0 Å². The molecular weight excluding hydrogens is 284 g/mol. The lowest BCUT2D eigenvalue weighted by atomic mass is 9.74. The third kappa shape index (κ3) is 4.05. The average molecular weight is 308 g/mol. The van der Waals surface area contributed by atoms with Crippen molar-refractivity contribution in [3.8, 4) is 0 Å². The molecule has 2 aliphatic carbocycles. The Morgan fingerprint density at radius 1 is 1.13 bits per heavy atom. The molecule has 0 radical (unpaired) electrons. The Morgan fingerprint density at radius 2 is 1.87 bits per heavy atom. The highest BCUT2D eigenvalue weighted by molar-refractivity contribution is 6.16. The number of aliphatic imine (C=N–C) groups is 1. The van der Waals surface area contributed by atoms with Crippen LogP contribution in [-0.4, -0.2) is 29.2 Å².